The van der Waals surface area contributed by atoms with Crippen molar-refractivity contribution >= 4 is 0 Å². The van der Waals surface area contributed by atoms with Crippen LogP contribution in [0.5, 0.6) is 0 Å². The second-order valence-corrected chi connectivity index (χ2v) is 6.26. The fourth-order valence-electron chi connectivity index (χ4n) is 3.11. The fraction of sp³-hybridized carbons (Fsp3) is 1.00. The molecular weight excluding hydrogens is 208 g/mol. The van der Waals surface area contributed by atoms with Gasteiger partial charge in [-0.15, -0.1) is 0 Å². The van der Waals surface area contributed by atoms with Gasteiger partial charge in [0.15, 0.2) is 0 Å². The van der Waals surface area contributed by atoms with E-state index in [1.54, 1.807) is 0 Å². The van der Waals surface area contributed by atoms with E-state index in [0.29, 0.717) is 6.04 Å². The molecule has 3 unspecified atom stereocenters. The van der Waals surface area contributed by atoms with E-state index in [-0.39, 0.29) is 0 Å². The van der Waals surface area contributed by atoms with Crippen LogP contribution >= 0.6 is 0 Å². The van der Waals surface area contributed by atoms with Gasteiger partial charge in [-0.3, -0.25) is 4.90 Å². The largest absolute Gasteiger partial charge is 0.311 e. The van der Waals surface area contributed by atoms with Gasteiger partial charge in [-0.25, -0.2) is 0 Å². The zero-order chi connectivity index (χ0) is 12.8. The second kappa shape index (κ2) is 7.38. The predicted octanol–water partition coefficient (Wildman–Crippen LogP) is 3.13. The van der Waals surface area contributed by atoms with Gasteiger partial charge >= 0.3 is 0 Å². The molecule has 2 heteroatoms. The van der Waals surface area contributed by atoms with Gasteiger partial charge in [-0.05, 0) is 31.1 Å². The van der Waals surface area contributed by atoms with Crippen molar-refractivity contribution < 1.29 is 0 Å². The van der Waals surface area contributed by atoms with Crippen LogP contribution in [-0.4, -0.2) is 36.6 Å². The molecule has 17 heavy (non-hydrogen) atoms. The summed E-state index contributed by atoms with van der Waals surface area (Å²) in [6, 6.07) is 1.47. The summed E-state index contributed by atoms with van der Waals surface area (Å²) in [7, 11) is 0. The van der Waals surface area contributed by atoms with E-state index in [4.69, 9.17) is 0 Å². The summed E-state index contributed by atoms with van der Waals surface area (Å²) >= 11 is 0. The van der Waals surface area contributed by atoms with Crippen LogP contribution in [0.3, 0.4) is 0 Å². The van der Waals surface area contributed by atoms with E-state index in [9.17, 15) is 0 Å². The standard InChI is InChI=1S/C15H32N2/c1-6-14-11-17(15(7-2)9-16-14)10-13(5)8-12(3)4/h12-16H,6-11H2,1-5H3. The first-order valence-electron chi connectivity index (χ1n) is 7.54. The lowest BCUT2D eigenvalue weighted by Crippen LogP contribution is -2.56. The zero-order valence-electron chi connectivity index (χ0n) is 12.5. The summed E-state index contributed by atoms with van der Waals surface area (Å²) in [5.41, 5.74) is 0. The molecule has 0 aromatic rings. The Morgan fingerprint density at radius 1 is 1.18 bits per heavy atom. The molecule has 0 aromatic carbocycles. The monoisotopic (exact) mass is 240 g/mol. The lowest BCUT2D eigenvalue weighted by molar-refractivity contribution is 0.104. The normalized spacial score (nSPS) is 28.6. The lowest BCUT2D eigenvalue weighted by Gasteiger charge is -2.41. The maximum Gasteiger partial charge on any atom is 0.0218 e. The molecular formula is C15H32N2. The van der Waals surface area contributed by atoms with Gasteiger partial charge in [-0.2, -0.15) is 0 Å². The van der Waals surface area contributed by atoms with Gasteiger partial charge in [0.1, 0.15) is 0 Å². The SMILES string of the molecule is CCC1CN(CC(C)CC(C)C)C(CC)CN1. The first-order valence-corrected chi connectivity index (χ1v) is 7.54. The summed E-state index contributed by atoms with van der Waals surface area (Å²) in [5.74, 6) is 1.66. The number of piperazine rings is 1. The lowest BCUT2D eigenvalue weighted by atomic mass is 9.96. The third kappa shape index (κ3) is 4.97. The average Bonchev–Trinajstić information content (AvgIpc) is 2.27. The maximum atomic E-state index is 3.67. The molecule has 0 saturated carbocycles. The van der Waals surface area contributed by atoms with Crippen molar-refractivity contribution in [2.75, 3.05) is 19.6 Å². The molecule has 0 radical (unpaired) electrons. The van der Waals surface area contributed by atoms with Gasteiger partial charge < -0.3 is 5.32 Å². The van der Waals surface area contributed by atoms with Crippen LogP contribution in [0, 0.1) is 11.8 Å². The molecule has 2 nitrogen and oxygen atoms in total. The van der Waals surface area contributed by atoms with Crippen molar-refractivity contribution in [2.24, 2.45) is 11.8 Å². The van der Waals surface area contributed by atoms with Gasteiger partial charge in [0.25, 0.3) is 0 Å². The first-order chi connectivity index (χ1) is 8.06. The zero-order valence-corrected chi connectivity index (χ0v) is 12.5. The van der Waals surface area contributed by atoms with Crippen LogP contribution in [0.2, 0.25) is 0 Å². The molecule has 102 valence electrons. The number of rotatable bonds is 6. The van der Waals surface area contributed by atoms with Crippen molar-refractivity contribution in [2.45, 2.75) is 66.0 Å². The molecule has 3 atom stereocenters. The minimum absolute atomic E-state index is 0.712. The molecule has 1 aliphatic heterocycles. The fourth-order valence-corrected chi connectivity index (χ4v) is 3.11. The summed E-state index contributed by atoms with van der Waals surface area (Å²) < 4.78 is 0. The van der Waals surface area contributed by atoms with Gasteiger partial charge in [-0.1, -0.05) is 34.6 Å². The minimum atomic E-state index is 0.712. The number of nitrogens with zero attached hydrogens (tertiary/aromatic N) is 1. The van der Waals surface area contributed by atoms with Crippen molar-refractivity contribution in [3.63, 3.8) is 0 Å². The Kier molecular flexibility index (Phi) is 6.50. The minimum Gasteiger partial charge on any atom is -0.311 e. The van der Waals surface area contributed by atoms with Gasteiger partial charge in [0, 0.05) is 31.7 Å². The molecule has 1 fully saturated rings. The van der Waals surface area contributed by atoms with Crippen LogP contribution in [0.1, 0.15) is 53.9 Å². The summed E-state index contributed by atoms with van der Waals surface area (Å²) in [6.45, 7) is 15.4. The smallest absolute Gasteiger partial charge is 0.0218 e. The quantitative estimate of drug-likeness (QED) is 0.767. The van der Waals surface area contributed by atoms with Crippen LogP contribution in [0.15, 0.2) is 0 Å². The topological polar surface area (TPSA) is 15.3 Å². The second-order valence-electron chi connectivity index (χ2n) is 6.26. The Morgan fingerprint density at radius 3 is 2.41 bits per heavy atom. The highest BCUT2D eigenvalue weighted by Crippen LogP contribution is 2.18. The molecule has 1 heterocycles. The van der Waals surface area contributed by atoms with Crippen LogP contribution < -0.4 is 5.32 Å². The molecule has 1 aliphatic rings. The summed E-state index contributed by atoms with van der Waals surface area (Å²) in [4.78, 5) is 2.73. The molecule has 1 rings (SSSR count). The van der Waals surface area contributed by atoms with E-state index in [2.05, 4.69) is 44.8 Å². The maximum absolute atomic E-state index is 3.67. The Balaban J connectivity index is 2.45. The molecule has 0 amide bonds. The summed E-state index contributed by atoms with van der Waals surface area (Å²) in [5, 5.41) is 3.67. The Bertz CT molecular complexity index is 203. The highest BCUT2D eigenvalue weighted by atomic mass is 15.2. The third-order valence-electron chi connectivity index (χ3n) is 4.00. The third-order valence-corrected chi connectivity index (χ3v) is 4.00. The van der Waals surface area contributed by atoms with Crippen molar-refractivity contribution in [1.82, 2.24) is 10.2 Å². The van der Waals surface area contributed by atoms with Crippen molar-refractivity contribution in [3.05, 3.63) is 0 Å². The van der Waals surface area contributed by atoms with Crippen LogP contribution in [0.25, 0.3) is 0 Å². The summed E-state index contributed by atoms with van der Waals surface area (Å²) in [6.07, 6.45) is 3.89. The van der Waals surface area contributed by atoms with E-state index < -0.39 is 0 Å². The molecule has 0 aliphatic carbocycles. The Morgan fingerprint density at radius 2 is 1.88 bits per heavy atom. The molecule has 1 N–H and O–H groups in total. The van der Waals surface area contributed by atoms with Crippen molar-refractivity contribution in [1.29, 1.82) is 0 Å². The van der Waals surface area contributed by atoms with Gasteiger partial charge in [0.2, 0.25) is 0 Å². The predicted molar refractivity (Wildman–Crippen MR) is 76.4 cm³/mol. The number of nitrogens with one attached hydrogen (secondary N) is 1. The Labute approximate surface area is 108 Å². The van der Waals surface area contributed by atoms with Gasteiger partial charge in [0.05, 0.1) is 0 Å². The molecule has 0 spiro atoms. The van der Waals surface area contributed by atoms with Crippen LogP contribution in [-0.2, 0) is 0 Å². The Hall–Kier alpha value is -0.0800. The highest BCUT2D eigenvalue weighted by molar-refractivity contribution is 4.85. The van der Waals surface area contributed by atoms with E-state index in [0.717, 1.165) is 17.9 Å². The number of hydrogen-bond acceptors (Lipinski definition) is 2. The first kappa shape index (κ1) is 15.0. The van der Waals surface area contributed by atoms with E-state index in [1.165, 1.54) is 38.9 Å². The van der Waals surface area contributed by atoms with Crippen molar-refractivity contribution in [3.8, 4) is 0 Å². The number of hydrogen-bond donors (Lipinski definition) is 1. The van der Waals surface area contributed by atoms with Crippen LogP contribution in [0.4, 0.5) is 0 Å². The molecule has 0 aromatic heterocycles. The average molecular weight is 240 g/mol. The highest BCUT2D eigenvalue weighted by Gasteiger charge is 2.26. The van der Waals surface area contributed by atoms with E-state index >= 15 is 0 Å². The van der Waals surface area contributed by atoms with E-state index in [1.807, 2.05) is 0 Å². The molecule has 1 saturated heterocycles. The molecule has 0 bridgehead atoms.